The molecular weight excluding hydrogens is 298 g/mol. The van der Waals surface area contributed by atoms with Gasteiger partial charge in [0.25, 0.3) is 5.56 Å². The molecule has 0 aliphatic carbocycles. The molecule has 1 N–H and O–H groups in total. The van der Waals surface area contributed by atoms with Crippen molar-refractivity contribution >= 4 is 27.2 Å². The number of aromatic hydroxyl groups is 1. The molecule has 2 heterocycles. The maximum absolute atomic E-state index is 13.1. The van der Waals surface area contributed by atoms with Crippen molar-refractivity contribution in [2.24, 2.45) is 0 Å². The molecular formula is C21H21NO2. The van der Waals surface area contributed by atoms with E-state index in [1.807, 2.05) is 42.5 Å². The summed E-state index contributed by atoms with van der Waals surface area (Å²) in [6, 6.07) is 13.8. The first-order valence-electron chi connectivity index (χ1n) is 8.73. The summed E-state index contributed by atoms with van der Waals surface area (Å²) in [7, 11) is 0. The van der Waals surface area contributed by atoms with Crippen LogP contribution in [0.4, 0.5) is 0 Å². The van der Waals surface area contributed by atoms with Crippen molar-refractivity contribution in [2.75, 3.05) is 0 Å². The fourth-order valence-electron chi connectivity index (χ4n) is 3.77. The smallest absolute Gasteiger partial charge is 0.262 e. The zero-order valence-electron chi connectivity index (χ0n) is 13.9. The van der Waals surface area contributed by atoms with Gasteiger partial charge < -0.3 is 5.11 Å². The van der Waals surface area contributed by atoms with Gasteiger partial charge in [-0.25, -0.2) is 0 Å². The Morgan fingerprint density at radius 1 is 0.917 bits per heavy atom. The van der Waals surface area contributed by atoms with Crippen LogP contribution < -0.4 is 5.56 Å². The molecule has 3 heteroatoms. The van der Waals surface area contributed by atoms with Gasteiger partial charge >= 0.3 is 0 Å². The Labute approximate surface area is 140 Å². The van der Waals surface area contributed by atoms with Gasteiger partial charge in [0.15, 0.2) is 0 Å². The van der Waals surface area contributed by atoms with Crippen LogP contribution in [0.15, 0.2) is 47.3 Å². The van der Waals surface area contributed by atoms with Crippen LogP contribution in [0, 0.1) is 0 Å². The average molecular weight is 319 g/mol. The summed E-state index contributed by atoms with van der Waals surface area (Å²) in [6.07, 6.45) is 4.97. The van der Waals surface area contributed by atoms with Crippen LogP contribution in [0.5, 0.6) is 5.75 Å². The number of aromatic nitrogens is 1. The van der Waals surface area contributed by atoms with E-state index in [-0.39, 0.29) is 11.3 Å². The fraction of sp³-hybridized carbons (Fsp3) is 0.286. The molecule has 0 aliphatic rings. The van der Waals surface area contributed by atoms with Crippen LogP contribution in [0.25, 0.3) is 27.2 Å². The number of hydrogen-bond donors (Lipinski definition) is 1. The quantitative estimate of drug-likeness (QED) is 0.533. The maximum atomic E-state index is 13.1. The van der Waals surface area contributed by atoms with E-state index in [2.05, 4.69) is 6.92 Å². The first-order valence-corrected chi connectivity index (χ1v) is 8.73. The largest absolute Gasteiger partial charge is 0.507 e. The Bertz CT molecular complexity index is 1080. The van der Waals surface area contributed by atoms with Crippen molar-refractivity contribution in [2.45, 2.75) is 39.0 Å². The molecule has 24 heavy (non-hydrogen) atoms. The molecule has 0 fully saturated rings. The van der Waals surface area contributed by atoms with Crippen molar-refractivity contribution in [3.63, 3.8) is 0 Å². The molecule has 0 saturated heterocycles. The van der Waals surface area contributed by atoms with Crippen molar-refractivity contribution < 1.29 is 5.11 Å². The van der Waals surface area contributed by atoms with E-state index < -0.39 is 0 Å². The minimum atomic E-state index is -0.0751. The molecule has 2 aromatic carbocycles. The van der Waals surface area contributed by atoms with Crippen LogP contribution in [0.3, 0.4) is 0 Å². The monoisotopic (exact) mass is 319 g/mol. The van der Waals surface area contributed by atoms with Crippen molar-refractivity contribution in [1.82, 2.24) is 4.40 Å². The van der Waals surface area contributed by atoms with Gasteiger partial charge in [-0.1, -0.05) is 56.5 Å². The summed E-state index contributed by atoms with van der Waals surface area (Å²) in [5.74, 6) is 0.164. The lowest BCUT2D eigenvalue weighted by Crippen LogP contribution is -2.18. The van der Waals surface area contributed by atoms with Crippen molar-refractivity contribution in [3.05, 3.63) is 58.4 Å². The van der Waals surface area contributed by atoms with E-state index in [1.54, 1.807) is 4.40 Å². The Balaban J connectivity index is 2.02. The zero-order chi connectivity index (χ0) is 16.7. The third-order valence-electron chi connectivity index (χ3n) is 4.98. The molecule has 0 saturated carbocycles. The summed E-state index contributed by atoms with van der Waals surface area (Å²) in [5, 5.41) is 13.6. The standard InChI is InChI=1S/C21H21NO2/c1-2-3-4-5-10-17-20(23)16-12-8-11-15-14-9-6-7-13-18(14)22(19(15)16)21(17)24/h6-9,11-13,23H,2-5,10H2,1H3. The highest BCUT2D eigenvalue weighted by atomic mass is 16.3. The minimum Gasteiger partial charge on any atom is -0.507 e. The second-order valence-electron chi connectivity index (χ2n) is 6.50. The maximum Gasteiger partial charge on any atom is 0.262 e. The second-order valence-corrected chi connectivity index (χ2v) is 6.50. The minimum absolute atomic E-state index is 0.0751. The molecule has 0 spiro atoms. The summed E-state index contributed by atoms with van der Waals surface area (Å²) >= 11 is 0. The molecule has 0 bridgehead atoms. The molecule has 3 nitrogen and oxygen atoms in total. The highest BCUT2D eigenvalue weighted by molar-refractivity contribution is 6.15. The normalized spacial score (nSPS) is 11.9. The average Bonchev–Trinajstić information content (AvgIpc) is 2.95. The second kappa shape index (κ2) is 5.82. The zero-order valence-corrected chi connectivity index (χ0v) is 13.9. The van der Waals surface area contributed by atoms with E-state index in [0.717, 1.165) is 52.9 Å². The SMILES string of the molecule is CCCCCCc1c(O)c2cccc3c4ccccc4n(c1=O)c23. The number of pyridine rings is 1. The third-order valence-corrected chi connectivity index (χ3v) is 4.98. The molecule has 4 rings (SSSR count). The predicted molar refractivity (Wildman–Crippen MR) is 99.4 cm³/mol. The Morgan fingerprint density at radius 2 is 1.67 bits per heavy atom. The predicted octanol–water partition coefficient (Wildman–Crippen LogP) is 4.87. The van der Waals surface area contributed by atoms with Gasteiger partial charge in [0.2, 0.25) is 0 Å². The molecule has 0 amide bonds. The molecule has 4 aromatic rings. The van der Waals surface area contributed by atoms with E-state index in [4.69, 9.17) is 0 Å². The van der Waals surface area contributed by atoms with Gasteiger partial charge in [-0.05, 0) is 25.0 Å². The third kappa shape index (κ3) is 2.08. The van der Waals surface area contributed by atoms with Crippen LogP contribution in [-0.4, -0.2) is 9.51 Å². The lowest BCUT2D eigenvalue weighted by atomic mass is 10.0. The van der Waals surface area contributed by atoms with Gasteiger partial charge in [-0.3, -0.25) is 9.20 Å². The first-order chi connectivity index (χ1) is 11.7. The van der Waals surface area contributed by atoms with E-state index in [0.29, 0.717) is 12.0 Å². The Morgan fingerprint density at radius 3 is 2.50 bits per heavy atom. The molecule has 2 aromatic heterocycles. The Hall–Kier alpha value is -2.55. The summed E-state index contributed by atoms with van der Waals surface area (Å²) in [6.45, 7) is 2.17. The van der Waals surface area contributed by atoms with Gasteiger partial charge in [0, 0.05) is 16.2 Å². The summed E-state index contributed by atoms with van der Waals surface area (Å²) in [5.41, 5.74) is 2.23. The number of benzene rings is 2. The van der Waals surface area contributed by atoms with Crippen LogP contribution in [0.2, 0.25) is 0 Å². The fourth-order valence-corrected chi connectivity index (χ4v) is 3.77. The van der Waals surface area contributed by atoms with Gasteiger partial charge in [0.05, 0.1) is 16.6 Å². The van der Waals surface area contributed by atoms with Crippen molar-refractivity contribution in [1.29, 1.82) is 0 Å². The number of para-hydroxylation sites is 2. The van der Waals surface area contributed by atoms with Crippen molar-refractivity contribution in [3.8, 4) is 5.75 Å². The number of hydrogen-bond acceptors (Lipinski definition) is 2. The molecule has 0 radical (unpaired) electrons. The summed E-state index contributed by atoms with van der Waals surface area (Å²) in [4.78, 5) is 13.1. The molecule has 0 aliphatic heterocycles. The lowest BCUT2D eigenvalue weighted by Gasteiger charge is -2.09. The Kier molecular flexibility index (Phi) is 3.64. The molecule has 0 unspecified atom stereocenters. The molecule has 122 valence electrons. The lowest BCUT2D eigenvalue weighted by molar-refractivity contribution is 0.470. The topological polar surface area (TPSA) is 41.7 Å². The number of nitrogens with zero attached hydrogens (tertiary/aromatic N) is 1. The van der Waals surface area contributed by atoms with Gasteiger partial charge in [-0.2, -0.15) is 0 Å². The highest BCUT2D eigenvalue weighted by Gasteiger charge is 2.19. The number of unbranched alkanes of at least 4 members (excludes halogenated alkanes) is 3. The van der Waals surface area contributed by atoms with Crippen LogP contribution in [0.1, 0.15) is 38.2 Å². The molecule has 0 atom stereocenters. The van der Waals surface area contributed by atoms with E-state index in [9.17, 15) is 9.90 Å². The van der Waals surface area contributed by atoms with E-state index in [1.165, 1.54) is 0 Å². The number of rotatable bonds is 5. The highest BCUT2D eigenvalue weighted by Crippen LogP contribution is 2.35. The number of fused-ring (bicyclic) bond motifs is 3. The van der Waals surface area contributed by atoms with Gasteiger partial charge in [-0.15, -0.1) is 0 Å². The summed E-state index contributed by atoms with van der Waals surface area (Å²) < 4.78 is 1.79. The van der Waals surface area contributed by atoms with E-state index >= 15 is 0 Å². The first kappa shape index (κ1) is 15.0. The van der Waals surface area contributed by atoms with Crippen LogP contribution >= 0.6 is 0 Å². The van der Waals surface area contributed by atoms with Gasteiger partial charge in [0.1, 0.15) is 5.75 Å². The van der Waals surface area contributed by atoms with Crippen LogP contribution in [-0.2, 0) is 6.42 Å².